The highest BCUT2D eigenvalue weighted by atomic mass is 16.6. The van der Waals surface area contributed by atoms with E-state index in [4.69, 9.17) is 9.47 Å². The van der Waals surface area contributed by atoms with E-state index in [1.165, 1.54) is 14.0 Å². The second-order valence-electron chi connectivity index (χ2n) is 4.61. The Morgan fingerprint density at radius 2 is 1.86 bits per heavy atom. The standard InChI is InChI=1S/C17H18N2O3/c1-13(20)22-17-11-14(9-10-16(17)21-3)12-18-19(2)15-7-5-4-6-8-15/h4-12H,1-3H3. The van der Waals surface area contributed by atoms with Crippen LogP contribution in [0.2, 0.25) is 0 Å². The van der Waals surface area contributed by atoms with Gasteiger partial charge >= 0.3 is 5.97 Å². The second-order valence-corrected chi connectivity index (χ2v) is 4.61. The van der Waals surface area contributed by atoms with Gasteiger partial charge in [0, 0.05) is 14.0 Å². The van der Waals surface area contributed by atoms with Gasteiger partial charge in [-0.2, -0.15) is 5.10 Å². The summed E-state index contributed by atoms with van der Waals surface area (Å²) in [5.41, 5.74) is 1.78. The van der Waals surface area contributed by atoms with E-state index in [-0.39, 0.29) is 0 Å². The SMILES string of the molecule is COc1ccc(C=NN(C)c2ccccc2)cc1OC(C)=O. The summed E-state index contributed by atoms with van der Waals surface area (Å²) in [6.07, 6.45) is 1.69. The Bertz CT molecular complexity index is 669. The van der Waals surface area contributed by atoms with Gasteiger partial charge in [0.15, 0.2) is 11.5 Å². The molecule has 0 heterocycles. The van der Waals surface area contributed by atoms with Gasteiger partial charge in [-0.05, 0) is 35.9 Å². The number of hydrazone groups is 1. The zero-order chi connectivity index (χ0) is 15.9. The quantitative estimate of drug-likeness (QED) is 0.368. The molecule has 0 aliphatic carbocycles. The zero-order valence-corrected chi connectivity index (χ0v) is 12.8. The van der Waals surface area contributed by atoms with E-state index in [2.05, 4.69) is 5.10 Å². The lowest BCUT2D eigenvalue weighted by Crippen LogP contribution is -2.08. The number of para-hydroxylation sites is 1. The van der Waals surface area contributed by atoms with Crippen LogP contribution in [0.25, 0.3) is 0 Å². The topological polar surface area (TPSA) is 51.1 Å². The van der Waals surface area contributed by atoms with Crippen LogP contribution in [0.5, 0.6) is 11.5 Å². The molecule has 2 aromatic rings. The maximum atomic E-state index is 11.1. The molecule has 2 rings (SSSR count). The lowest BCUT2D eigenvalue weighted by Gasteiger charge is -2.12. The average molecular weight is 298 g/mol. The van der Waals surface area contributed by atoms with E-state index in [0.717, 1.165) is 11.3 Å². The van der Waals surface area contributed by atoms with E-state index in [1.807, 2.05) is 43.4 Å². The molecular weight excluding hydrogens is 280 g/mol. The summed E-state index contributed by atoms with van der Waals surface area (Å²) in [5.74, 6) is 0.485. The summed E-state index contributed by atoms with van der Waals surface area (Å²) in [6, 6.07) is 15.1. The van der Waals surface area contributed by atoms with Crippen LogP contribution in [0.3, 0.4) is 0 Å². The molecule has 0 aromatic heterocycles. The van der Waals surface area contributed by atoms with Crippen molar-refractivity contribution in [3.05, 3.63) is 54.1 Å². The molecule has 0 unspecified atom stereocenters. The molecule has 22 heavy (non-hydrogen) atoms. The molecule has 0 saturated heterocycles. The number of carbonyl (C=O) groups is 1. The van der Waals surface area contributed by atoms with E-state index in [9.17, 15) is 4.79 Å². The van der Waals surface area contributed by atoms with Crippen LogP contribution < -0.4 is 14.5 Å². The third-order valence-electron chi connectivity index (χ3n) is 2.95. The number of ether oxygens (including phenoxy) is 2. The lowest BCUT2D eigenvalue weighted by atomic mass is 10.2. The largest absolute Gasteiger partial charge is 0.493 e. The maximum Gasteiger partial charge on any atom is 0.308 e. The number of nitrogens with zero attached hydrogens (tertiary/aromatic N) is 2. The van der Waals surface area contributed by atoms with Crippen molar-refractivity contribution in [1.29, 1.82) is 0 Å². The predicted molar refractivity (Wildman–Crippen MR) is 86.7 cm³/mol. The fourth-order valence-electron chi connectivity index (χ4n) is 1.87. The number of anilines is 1. The van der Waals surface area contributed by atoms with Gasteiger partial charge in [-0.1, -0.05) is 18.2 Å². The van der Waals surface area contributed by atoms with Crippen LogP contribution in [0.4, 0.5) is 5.69 Å². The Balaban J connectivity index is 2.18. The predicted octanol–water partition coefficient (Wildman–Crippen LogP) is 3.09. The Kier molecular flexibility index (Phi) is 5.14. The molecule has 0 bridgehead atoms. The summed E-state index contributed by atoms with van der Waals surface area (Å²) in [5, 5.41) is 6.13. The molecule has 0 spiro atoms. The van der Waals surface area contributed by atoms with E-state index in [1.54, 1.807) is 23.4 Å². The number of rotatable bonds is 5. The Labute approximate surface area is 129 Å². The Morgan fingerprint density at radius 1 is 1.14 bits per heavy atom. The molecule has 0 aliphatic heterocycles. The first-order valence-electron chi connectivity index (χ1n) is 6.79. The first-order chi connectivity index (χ1) is 10.6. The van der Waals surface area contributed by atoms with Gasteiger partial charge in [-0.15, -0.1) is 0 Å². The normalized spacial score (nSPS) is 10.5. The molecule has 0 radical (unpaired) electrons. The molecule has 0 aliphatic rings. The molecule has 0 N–H and O–H groups in total. The molecule has 5 nitrogen and oxygen atoms in total. The molecule has 5 heteroatoms. The Morgan fingerprint density at radius 3 is 2.50 bits per heavy atom. The van der Waals surface area contributed by atoms with Crippen molar-refractivity contribution >= 4 is 17.9 Å². The molecule has 0 fully saturated rings. The third kappa shape index (κ3) is 4.09. The lowest BCUT2D eigenvalue weighted by molar-refractivity contribution is -0.132. The van der Waals surface area contributed by atoms with Gasteiger partial charge in [0.05, 0.1) is 19.0 Å². The Hall–Kier alpha value is -2.82. The van der Waals surface area contributed by atoms with Gasteiger partial charge < -0.3 is 9.47 Å². The number of hydrogen-bond acceptors (Lipinski definition) is 5. The van der Waals surface area contributed by atoms with E-state index in [0.29, 0.717) is 11.5 Å². The van der Waals surface area contributed by atoms with Gasteiger partial charge in [0.2, 0.25) is 0 Å². The number of esters is 1. The average Bonchev–Trinajstić information content (AvgIpc) is 2.53. The van der Waals surface area contributed by atoms with Gasteiger partial charge in [-0.25, -0.2) is 0 Å². The third-order valence-corrected chi connectivity index (χ3v) is 2.95. The second kappa shape index (κ2) is 7.26. The molecule has 0 amide bonds. The monoisotopic (exact) mass is 298 g/mol. The first-order valence-corrected chi connectivity index (χ1v) is 6.79. The highest BCUT2D eigenvalue weighted by molar-refractivity contribution is 5.82. The van der Waals surface area contributed by atoms with Gasteiger partial charge in [0.25, 0.3) is 0 Å². The number of hydrogen-bond donors (Lipinski definition) is 0. The van der Waals surface area contributed by atoms with Gasteiger partial charge in [-0.3, -0.25) is 9.80 Å². The van der Waals surface area contributed by atoms with Crippen LogP contribution in [0.1, 0.15) is 12.5 Å². The number of methoxy groups -OCH3 is 1. The van der Waals surface area contributed by atoms with Crippen LogP contribution in [-0.4, -0.2) is 26.3 Å². The van der Waals surface area contributed by atoms with Crippen molar-refractivity contribution in [3.63, 3.8) is 0 Å². The molecule has 0 atom stereocenters. The summed E-state index contributed by atoms with van der Waals surface area (Å²) >= 11 is 0. The summed E-state index contributed by atoms with van der Waals surface area (Å²) in [4.78, 5) is 11.1. The first kappa shape index (κ1) is 15.6. The van der Waals surface area contributed by atoms with Crippen molar-refractivity contribution in [1.82, 2.24) is 0 Å². The van der Waals surface area contributed by atoms with Crippen LogP contribution >= 0.6 is 0 Å². The van der Waals surface area contributed by atoms with Crippen molar-refractivity contribution < 1.29 is 14.3 Å². The molecule has 0 saturated carbocycles. The summed E-state index contributed by atoms with van der Waals surface area (Å²) in [6.45, 7) is 1.35. The van der Waals surface area contributed by atoms with E-state index >= 15 is 0 Å². The summed E-state index contributed by atoms with van der Waals surface area (Å²) < 4.78 is 10.3. The number of carbonyl (C=O) groups excluding carboxylic acids is 1. The highest BCUT2D eigenvalue weighted by Gasteiger charge is 2.07. The summed E-state index contributed by atoms with van der Waals surface area (Å²) in [7, 11) is 3.39. The minimum atomic E-state index is -0.395. The maximum absolute atomic E-state index is 11.1. The number of benzene rings is 2. The van der Waals surface area contributed by atoms with Crippen LogP contribution in [0, 0.1) is 0 Å². The molecule has 2 aromatic carbocycles. The van der Waals surface area contributed by atoms with Gasteiger partial charge in [0.1, 0.15) is 0 Å². The zero-order valence-electron chi connectivity index (χ0n) is 12.8. The van der Waals surface area contributed by atoms with E-state index < -0.39 is 5.97 Å². The minimum absolute atomic E-state index is 0.376. The van der Waals surface area contributed by atoms with Crippen LogP contribution in [0.15, 0.2) is 53.6 Å². The van der Waals surface area contributed by atoms with Crippen molar-refractivity contribution in [2.45, 2.75) is 6.92 Å². The van der Waals surface area contributed by atoms with Crippen LogP contribution in [-0.2, 0) is 4.79 Å². The highest BCUT2D eigenvalue weighted by Crippen LogP contribution is 2.27. The minimum Gasteiger partial charge on any atom is -0.493 e. The fourth-order valence-corrected chi connectivity index (χ4v) is 1.87. The smallest absolute Gasteiger partial charge is 0.308 e. The molecule has 114 valence electrons. The fraction of sp³-hybridized carbons (Fsp3) is 0.176. The van der Waals surface area contributed by atoms with Crippen molar-refractivity contribution in [3.8, 4) is 11.5 Å². The van der Waals surface area contributed by atoms with Crippen molar-refractivity contribution in [2.75, 3.05) is 19.2 Å². The van der Waals surface area contributed by atoms with Crippen molar-refractivity contribution in [2.24, 2.45) is 5.10 Å². The molecular formula is C17H18N2O3.